The lowest BCUT2D eigenvalue weighted by Gasteiger charge is -2.16. The molecule has 0 amide bonds. The Kier molecular flexibility index (Phi) is 4.71. The van der Waals surface area contributed by atoms with Gasteiger partial charge in [0.2, 0.25) is 5.88 Å². The smallest absolute Gasteiger partial charge is 0.216 e. The fraction of sp³-hybridized carbons (Fsp3) is 0.286. The van der Waals surface area contributed by atoms with E-state index >= 15 is 0 Å². The van der Waals surface area contributed by atoms with Gasteiger partial charge in [-0.05, 0) is 31.2 Å². The van der Waals surface area contributed by atoms with Gasteiger partial charge in [-0.15, -0.1) is 0 Å². The topological polar surface area (TPSA) is 47.0 Å². The van der Waals surface area contributed by atoms with Crippen molar-refractivity contribution in [2.75, 3.05) is 14.2 Å². The molecule has 1 aromatic heterocycles. The van der Waals surface area contributed by atoms with Crippen LogP contribution in [0, 0.1) is 0 Å². The van der Waals surface area contributed by atoms with Crippen molar-refractivity contribution in [3.05, 3.63) is 52.9 Å². The van der Waals surface area contributed by atoms with E-state index in [1.54, 1.807) is 7.11 Å². The molecule has 5 heteroatoms. The molecule has 0 aliphatic heterocycles. The molecule has 0 aliphatic rings. The SMILES string of the molecule is CNC(Cc1ccc(Cl)cc1)c1cc(OC)ncn1. The maximum atomic E-state index is 5.89. The number of hydrogen-bond donors (Lipinski definition) is 1. The molecule has 0 bridgehead atoms. The summed E-state index contributed by atoms with van der Waals surface area (Å²) in [7, 11) is 3.51. The zero-order chi connectivity index (χ0) is 13.7. The van der Waals surface area contributed by atoms with Crippen LogP contribution in [0.2, 0.25) is 5.02 Å². The lowest BCUT2D eigenvalue weighted by Crippen LogP contribution is -2.20. The van der Waals surface area contributed by atoms with E-state index < -0.39 is 0 Å². The molecular formula is C14H16ClN3O. The summed E-state index contributed by atoms with van der Waals surface area (Å²) in [5.41, 5.74) is 2.10. The zero-order valence-electron chi connectivity index (χ0n) is 10.9. The number of benzene rings is 1. The van der Waals surface area contributed by atoms with E-state index in [0.29, 0.717) is 5.88 Å². The van der Waals surface area contributed by atoms with Crippen LogP contribution in [-0.2, 0) is 6.42 Å². The number of aromatic nitrogens is 2. The lowest BCUT2D eigenvalue weighted by atomic mass is 10.0. The van der Waals surface area contributed by atoms with Gasteiger partial charge in [-0.2, -0.15) is 0 Å². The molecule has 0 saturated carbocycles. The second-order valence-corrected chi connectivity index (χ2v) is 4.59. The van der Waals surface area contributed by atoms with Gasteiger partial charge in [-0.1, -0.05) is 23.7 Å². The van der Waals surface area contributed by atoms with Gasteiger partial charge in [-0.25, -0.2) is 9.97 Å². The van der Waals surface area contributed by atoms with Crippen LogP contribution in [0.4, 0.5) is 0 Å². The van der Waals surface area contributed by atoms with Gasteiger partial charge in [0.25, 0.3) is 0 Å². The minimum atomic E-state index is 0.109. The summed E-state index contributed by atoms with van der Waals surface area (Å²) >= 11 is 5.89. The second kappa shape index (κ2) is 6.50. The zero-order valence-corrected chi connectivity index (χ0v) is 11.7. The average molecular weight is 278 g/mol. The van der Waals surface area contributed by atoms with Crippen molar-refractivity contribution in [2.24, 2.45) is 0 Å². The van der Waals surface area contributed by atoms with E-state index in [1.165, 1.54) is 11.9 Å². The number of ether oxygens (including phenoxy) is 1. The number of nitrogens with one attached hydrogen (secondary N) is 1. The Balaban J connectivity index is 2.17. The molecule has 1 aromatic carbocycles. The van der Waals surface area contributed by atoms with Crippen LogP contribution < -0.4 is 10.1 Å². The second-order valence-electron chi connectivity index (χ2n) is 4.16. The molecule has 2 rings (SSSR count). The molecule has 1 heterocycles. The van der Waals surface area contributed by atoms with Crippen molar-refractivity contribution in [3.8, 4) is 5.88 Å². The molecule has 1 N–H and O–H groups in total. The van der Waals surface area contributed by atoms with Crippen LogP contribution >= 0.6 is 11.6 Å². The van der Waals surface area contributed by atoms with Crippen LogP contribution in [-0.4, -0.2) is 24.1 Å². The van der Waals surface area contributed by atoms with E-state index in [2.05, 4.69) is 15.3 Å². The van der Waals surface area contributed by atoms with E-state index in [1.807, 2.05) is 37.4 Å². The summed E-state index contributed by atoms with van der Waals surface area (Å²) < 4.78 is 5.12. The first-order valence-corrected chi connectivity index (χ1v) is 6.38. The number of hydrogen-bond acceptors (Lipinski definition) is 4. The van der Waals surface area contributed by atoms with Gasteiger partial charge < -0.3 is 10.1 Å². The molecule has 0 saturated heterocycles. The Bertz CT molecular complexity index is 530. The molecule has 0 aliphatic carbocycles. The van der Waals surface area contributed by atoms with Crippen molar-refractivity contribution < 1.29 is 4.74 Å². The predicted molar refractivity (Wildman–Crippen MR) is 75.5 cm³/mol. The molecule has 0 radical (unpaired) electrons. The summed E-state index contributed by atoms with van der Waals surface area (Å²) in [6.07, 6.45) is 2.34. The monoisotopic (exact) mass is 277 g/mol. The standard InChI is InChI=1S/C14H16ClN3O/c1-16-12(7-10-3-5-11(15)6-4-10)13-8-14(19-2)18-9-17-13/h3-6,8-9,12,16H,7H2,1-2H3. The molecule has 1 unspecified atom stereocenters. The fourth-order valence-electron chi connectivity index (χ4n) is 1.87. The Morgan fingerprint density at radius 2 is 2.00 bits per heavy atom. The summed E-state index contributed by atoms with van der Waals surface area (Å²) in [5, 5.41) is 4.00. The molecule has 2 aromatic rings. The highest BCUT2D eigenvalue weighted by Gasteiger charge is 2.12. The Morgan fingerprint density at radius 1 is 1.26 bits per heavy atom. The van der Waals surface area contributed by atoms with Crippen LogP contribution in [0.3, 0.4) is 0 Å². The molecule has 100 valence electrons. The Morgan fingerprint density at radius 3 is 2.63 bits per heavy atom. The summed E-state index contributed by atoms with van der Waals surface area (Å²) in [4.78, 5) is 8.31. The van der Waals surface area contributed by atoms with Gasteiger partial charge in [-0.3, -0.25) is 0 Å². The maximum Gasteiger partial charge on any atom is 0.216 e. The molecular weight excluding hydrogens is 262 g/mol. The third-order valence-electron chi connectivity index (χ3n) is 2.93. The number of methoxy groups -OCH3 is 1. The Hall–Kier alpha value is -1.65. The van der Waals surface area contributed by atoms with Crippen LogP contribution in [0.1, 0.15) is 17.3 Å². The first kappa shape index (κ1) is 13.8. The number of likely N-dealkylation sites (N-methyl/N-ethyl adjacent to an activating group) is 1. The molecule has 0 fully saturated rings. The van der Waals surface area contributed by atoms with Gasteiger partial charge >= 0.3 is 0 Å². The number of rotatable bonds is 5. The van der Waals surface area contributed by atoms with Crippen molar-refractivity contribution in [3.63, 3.8) is 0 Å². The van der Waals surface area contributed by atoms with Crippen molar-refractivity contribution in [1.82, 2.24) is 15.3 Å². The molecule has 19 heavy (non-hydrogen) atoms. The van der Waals surface area contributed by atoms with E-state index in [4.69, 9.17) is 16.3 Å². The molecule has 0 spiro atoms. The highest BCUT2D eigenvalue weighted by molar-refractivity contribution is 6.30. The van der Waals surface area contributed by atoms with Gasteiger partial charge in [0.1, 0.15) is 6.33 Å². The van der Waals surface area contributed by atoms with Gasteiger partial charge in [0.05, 0.1) is 18.8 Å². The molecule has 1 atom stereocenters. The quantitative estimate of drug-likeness (QED) is 0.913. The maximum absolute atomic E-state index is 5.89. The number of nitrogens with zero attached hydrogens (tertiary/aromatic N) is 2. The Labute approximate surface area is 117 Å². The molecule has 4 nitrogen and oxygen atoms in total. The fourth-order valence-corrected chi connectivity index (χ4v) is 1.99. The van der Waals surface area contributed by atoms with Crippen molar-refractivity contribution in [1.29, 1.82) is 0 Å². The van der Waals surface area contributed by atoms with Crippen LogP contribution in [0.15, 0.2) is 36.7 Å². The van der Waals surface area contributed by atoms with E-state index in [-0.39, 0.29) is 6.04 Å². The third-order valence-corrected chi connectivity index (χ3v) is 3.18. The summed E-state index contributed by atoms with van der Waals surface area (Å²) in [6, 6.07) is 9.78. The third kappa shape index (κ3) is 3.66. The minimum absolute atomic E-state index is 0.109. The lowest BCUT2D eigenvalue weighted by molar-refractivity contribution is 0.394. The first-order chi connectivity index (χ1) is 9.22. The highest BCUT2D eigenvalue weighted by atomic mass is 35.5. The van der Waals surface area contributed by atoms with Crippen LogP contribution in [0.5, 0.6) is 5.88 Å². The van der Waals surface area contributed by atoms with E-state index in [9.17, 15) is 0 Å². The minimum Gasteiger partial charge on any atom is -0.481 e. The first-order valence-electron chi connectivity index (χ1n) is 6.00. The largest absolute Gasteiger partial charge is 0.481 e. The average Bonchev–Trinajstić information content (AvgIpc) is 2.46. The summed E-state index contributed by atoms with van der Waals surface area (Å²) in [5.74, 6) is 0.571. The predicted octanol–water partition coefficient (Wildman–Crippen LogP) is 2.64. The van der Waals surface area contributed by atoms with Gasteiger partial charge in [0, 0.05) is 11.1 Å². The van der Waals surface area contributed by atoms with Crippen LogP contribution in [0.25, 0.3) is 0 Å². The summed E-state index contributed by atoms with van der Waals surface area (Å²) in [6.45, 7) is 0. The highest BCUT2D eigenvalue weighted by Crippen LogP contribution is 2.19. The van der Waals surface area contributed by atoms with Gasteiger partial charge in [0.15, 0.2) is 0 Å². The number of halogens is 1. The van der Waals surface area contributed by atoms with Crippen molar-refractivity contribution in [2.45, 2.75) is 12.5 Å². The van der Waals surface area contributed by atoms with Crippen molar-refractivity contribution >= 4 is 11.6 Å². The normalized spacial score (nSPS) is 12.2. The van der Waals surface area contributed by atoms with E-state index in [0.717, 1.165) is 17.1 Å².